The fraction of sp³-hybridized carbons (Fsp3) is 0.308. The highest BCUT2D eigenvalue weighted by atomic mass is 32.2. The van der Waals surface area contributed by atoms with Gasteiger partial charge in [-0.2, -0.15) is 0 Å². The maximum Gasteiger partial charge on any atom is 0.229 e. The zero-order chi connectivity index (χ0) is 13.5. The Hall–Kier alpha value is -1.40. The summed E-state index contributed by atoms with van der Waals surface area (Å²) < 4.78 is 24.7. The van der Waals surface area contributed by atoms with Crippen molar-refractivity contribution in [2.45, 2.75) is 18.8 Å². The third-order valence-corrected chi connectivity index (χ3v) is 4.55. The van der Waals surface area contributed by atoms with E-state index >= 15 is 0 Å². The van der Waals surface area contributed by atoms with Crippen molar-refractivity contribution in [2.24, 2.45) is 0 Å². The molecule has 0 unspecified atom stereocenters. The van der Waals surface area contributed by atoms with Crippen LogP contribution in [-0.4, -0.2) is 19.7 Å². The second-order valence-corrected chi connectivity index (χ2v) is 7.43. The molecular weight excluding hydrogens is 280 g/mol. The van der Waals surface area contributed by atoms with Crippen molar-refractivity contribution in [3.8, 4) is 11.3 Å². The number of rotatable bonds is 4. The molecule has 0 radical (unpaired) electrons. The first-order valence-corrected chi connectivity index (χ1v) is 8.82. The van der Waals surface area contributed by atoms with Crippen LogP contribution in [-0.2, 0) is 10.0 Å². The number of sulfonamides is 1. The molecule has 19 heavy (non-hydrogen) atoms. The van der Waals surface area contributed by atoms with Gasteiger partial charge >= 0.3 is 0 Å². The Labute approximate surface area is 116 Å². The maximum atomic E-state index is 11.1. The lowest BCUT2D eigenvalue weighted by Gasteiger charge is -2.04. The molecule has 0 amide bonds. The number of nitrogens with one attached hydrogen (secondary N) is 1. The fourth-order valence-corrected chi connectivity index (χ4v) is 3.43. The molecule has 0 saturated heterocycles. The SMILES string of the molecule is CS(=O)(=O)Nc1ccc(-c2csc(C3CC3)n2)cc1. The van der Waals surface area contributed by atoms with Gasteiger partial charge in [-0.05, 0) is 25.0 Å². The first-order valence-electron chi connectivity index (χ1n) is 6.05. The highest BCUT2D eigenvalue weighted by molar-refractivity contribution is 7.92. The van der Waals surface area contributed by atoms with E-state index in [9.17, 15) is 8.42 Å². The van der Waals surface area contributed by atoms with E-state index in [1.165, 1.54) is 17.8 Å². The molecule has 100 valence electrons. The van der Waals surface area contributed by atoms with Crippen molar-refractivity contribution < 1.29 is 8.42 Å². The van der Waals surface area contributed by atoms with Crippen LogP contribution in [0.25, 0.3) is 11.3 Å². The number of nitrogens with zero attached hydrogens (tertiary/aromatic N) is 1. The number of hydrogen-bond donors (Lipinski definition) is 1. The Kier molecular flexibility index (Phi) is 3.06. The van der Waals surface area contributed by atoms with E-state index in [0.29, 0.717) is 11.6 Å². The molecule has 6 heteroatoms. The molecule has 1 fully saturated rings. The van der Waals surface area contributed by atoms with Crippen molar-refractivity contribution >= 4 is 27.0 Å². The van der Waals surface area contributed by atoms with Crippen LogP contribution in [0.3, 0.4) is 0 Å². The zero-order valence-electron chi connectivity index (χ0n) is 10.5. The normalized spacial score (nSPS) is 15.4. The van der Waals surface area contributed by atoms with E-state index < -0.39 is 10.0 Å². The van der Waals surface area contributed by atoms with E-state index in [-0.39, 0.29) is 0 Å². The number of hydrogen-bond acceptors (Lipinski definition) is 4. The summed E-state index contributed by atoms with van der Waals surface area (Å²) in [5, 5.41) is 3.28. The van der Waals surface area contributed by atoms with Crippen LogP contribution in [0.1, 0.15) is 23.8 Å². The summed E-state index contributed by atoms with van der Waals surface area (Å²) in [5.74, 6) is 0.671. The number of anilines is 1. The molecule has 0 spiro atoms. The Morgan fingerprint density at radius 3 is 2.53 bits per heavy atom. The molecule has 0 bridgehead atoms. The highest BCUT2D eigenvalue weighted by Crippen LogP contribution is 2.42. The van der Waals surface area contributed by atoms with E-state index in [1.807, 2.05) is 12.1 Å². The Balaban J connectivity index is 1.81. The topological polar surface area (TPSA) is 59.1 Å². The summed E-state index contributed by atoms with van der Waals surface area (Å²) in [6, 6.07) is 7.29. The van der Waals surface area contributed by atoms with Crippen molar-refractivity contribution in [2.75, 3.05) is 11.0 Å². The zero-order valence-corrected chi connectivity index (χ0v) is 12.1. The van der Waals surface area contributed by atoms with Gasteiger partial charge in [0.05, 0.1) is 17.0 Å². The summed E-state index contributed by atoms with van der Waals surface area (Å²) in [7, 11) is -3.22. The van der Waals surface area contributed by atoms with Gasteiger partial charge in [0.1, 0.15) is 0 Å². The van der Waals surface area contributed by atoms with Crippen molar-refractivity contribution in [3.63, 3.8) is 0 Å². The summed E-state index contributed by atoms with van der Waals surface area (Å²) in [6.45, 7) is 0. The molecule has 2 aromatic rings. The number of benzene rings is 1. The average molecular weight is 294 g/mol. The molecule has 1 N–H and O–H groups in total. The molecule has 0 aliphatic heterocycles. The van der Waals surface area contributed by atoms with Crippen molar-refractivity contribution in [1.29, 1.82) is 0 Å². The summed E-state index contributed by atoms with van der Waals surface area (Å²) in [5.41, 5.74) is 2.56. The van der Waals surface area contributed by atoms with Crippen LogP contribution in [0.4, 0.5) is 5.69 Å². The minimum absolute atomic E-state index is 0.573. The minimum Gasteiger partial charge on any atom is -0.284 e. The van der Waals surface area contributed by atoms with E-state index in [4.69, 9.17) is 0 Å². The average Bonchev–Trinajstić information content (AvgIpc) is 3.07. The number of aromatic nitrogens is 1. The summed E-state index contributed by atoms with van der Waals surface area (Å²) >= 11 is 1.71. The van der Waals surface area contributed by atoms with Gasteiger partial charge in [-0.1, -0.05) is 12.1 Å². The molecular formula is C13H14N2O2S2. The lowest BCUT2D eigenvalue weighted by atomic mass is 10.1. The predicted octanol–water partition coefficient (Wildman–Crippen LogP) is 3.06. The summed E-state index contributed by atoms with van der Waals surface area (Å²) in [6.07, 6.45) is 3.65. The van der Waals surface area contributed by atoms with Gasteiger partial charge in [-0.15, -0.1) is 11.3 Å². The maximum absolute atomic E-state index is 11.1. The first-order chi connectivity index (χ1) is 9.01. The molecule has 1 heterocycles. The molecule has 0 atom stereocenters. The second-order valence-electron chi connectivity index (χ2n) is 4.80. The Bertz CT molecular complexity index is 686. The van der Waals surface area contributed by atoms with E-state index in [0.717, 1.165) is 17.5 Å². The van der Waals surface area contributed by atoms with Crippen molar-refractivity contribution in [3.05, 3.63) is 34.7 Å². The molecule has 4 nitrogen and oxygen atoms in total. The standard InChI is InChI=1S/C13H14N2O2S2/c1-19(16,17)15-11-6-4-9(5-7-11)12-8-18-13(14-12)10-2-3-10/h4-8,10,15H,2-3H2,1H3. The minimum atomic E-state index is -3.22. The molecule has 1 saturated carbocycles. The van der Waals surface area contributed by atoms with Gasteiger partial charge in [0.2, 0.25) is 10.0 Å². The molecule has 1 aromatic heterocycles. The van der Waals surface area contributed by atoms with Crippen molar-refractivity contribution in [1.82, 2.24) is 4.98 Å². The highest BCUT2D eigenvalue weighted by Gasteiger charge is 2.26. The van der Waals surface area contributed by atoms with Crippen LogP contribution in [0.5, 0.6) is 0 Å². The van der Waals surface area contributed by atoms with Crippen LogP contribution in [0.2, 0.25) is 0 Å². The van der Waals surface area contributed by atoms with Gasteiger partial charge in [0, 0.05) is 22.5 Å². The Morgan fingerprint density at radius 1 is 1.26 bits per heavy atom. The van der Waals surface area contributed by atoms with Gasteiger partial charge in [0.15, 0.2) is 0 Å². The summed E-state index contributed by atoms with van der Waals surface area (Å²) in [4.78, 5) is 4.63. The van der Waals surface area contributed by atoms with Crippen LogP contribution in [0.15, 0.2) is 29.6 Å². The molecule has 1 aromatic carbocycles. The van der Waals surface area contributed by atoms with Gasteiger partial charge in [-0.3, -0.25) is 4.72 Å². The lowest BCUT2D eigenvalue weighted by molar-refractivity contribution is 0.607. The van der Waals surface area contributed by atoms with E-state index in [1.54, 1.807) is 23.5 Å². The van der Waals surface area contributed by atoms with Crippen LogP contribution in [0, 0.1) is 0 Å². The molecule has 1 aliphatic carbocycles. The molecule has 1 aliphatic rings. The van der Waals surface area contributed by atoms with Gasteiger partial charge in [0.25, 0.3) is 0 Å². The second kappa shape index (κ2) is 4.61. The third kappa shape index (κ3) is 3.13. The lowest BCUT2D eigenvalue weighted by Crippen LogP contribution is -2.09. The van der Waals surface area contributed by atoms with E-state index in [2.05, 4.69) is 15.1 Å². The van der Waals surface area contributed by atoms with Crippen LogP contribution >= 0.6 is 11.3 Å². The monoisotopic (exact) mass is 294 g/mol. The van der Waals surface area contributed by atoms with Crippen LogP contribution < -0.4 is 4.72 Å². The Morgan fingerprint density at radius 2 is 1.95 bits per heavy atom. The smallest absolute Gasteiger partial charge is 0.229 e. The quantitative estimate of drug-likeness (QED) is 0.942. The fourth-order valence-electron chi connectivity index (χ4n) is 1.86. The number of thiazole rings is 1. The predicted molar refractivity (Wildman–Crippen MR) is 78.0 cm³/mol. The van der Waals surface area contributed by atoms with Gasteiger partial charge in [-0.25, -0.2) is 13.4 Å². The third-order valence-electron chi connectivity index (χ3n) is 2.93. The van der Waals surface area contributed by atoms with Gasteiger partial charge < -0.3 is 0 Å². The molecule has 3 rings (SSSR count). The first kappa shape index (κ1) is 12.6. The largest absolute Gasteiger partial charge is 0.284 e.